The van der Waals surface area contributed by atoms with Crippen LogP contribution in [0.25, 0.3) is 0 Å². The Balaban J connectivity index is 2.32. The standard InChI is InChI=1S/C14H16O2/c1-10-6-2-3-7-11(10)14(16)12-8-4-5-9-13(12)15/h2-3,6-8,13,15H,4-5,9H2,1H3/t13-/m0/s1. The molecular formula is C14H16O2. The SMILES string of the molecule is Cc1ccccc1C(=O)C1=CCCC[C@@H]1O. The van der Waals surface area contributed by atoms with Gasteiger partial charge in [-0.15, -0.1) is 0 Å². The van der Waals surface area contributed by atoms with Crippen molar-refractivity contribution in [1.29, 1.82) is 0 Å². The van der Waals surface area contributed by atoms with Gasteiger partial charge in [-0.1, -0.05) is 30.3 Å². The van der Waals surface area contributed by atoms with Crippen LogP contribution in [0, 0.1) is 6.92 Å². The smallest absolute Gasteiger partial charge is 0.191 e. The molecule has 16 heavy (non-hydrogen) atoms. The fourth-order valence-corrected chi connectivity index (χ4v) is 2.09. The van der Waals surface area contributed by atoms with Gasteiger partial charge in [0.15, 0.2) is 5.78 Å². The van der Waals surface area contributed by atoms with Gasteiger partial charge >= 0.3 is 0 Å². The molecule has 1 N–H and O–H groups in total. The summed E-state index contributed by atoms with van der Waals surface area (Å²) in [6, 6.07) is 7.51. The van der Waals surface area contributed by atoms with Crippen molar-refractivity contribution in [2.24, 2.45) is 0 Å². The molecule has 84 valence electrons. The zero-order chi connectivity index (χ0) is 11.5. The van der Waals surface area contributed by atoms with Gasteiger partial charge in [0, 0.05) is 11.1 Å². The van der Waals surface area contributed by atoms with E-state index in [1.807, 2.05) is 37.3 Å². The molecule has 0 bridgehead atoms. The molecule has 0 amide bonds. The molecule has 0 saturated carbocycles. The first-order valence-electron chi connectivity index (χ1n) is 5.68. The maximum absolute atomic E-state index is 12.2. The quantitative estimate of drug-likeness (QED) is 0.772. The summed E-state index contributed by atoms with van der Waals surface area (Å²) in [6.45, 7) is 1.92. The monoisotopic (exact) mass is 216 g/mol. The van der Waals surface area contributed by atoms with Crippen molar-refractivity contribution < 1.29 is 9.90 Å². The average molecular weight is 216 g/mol. The maximum atomic E-state index is 12.2. The molecule has 0 unspecified atom stereocenters. The summed E-state index contributed by atoms with van der Waals surface area (Å²) in [5, 5.41) is 9.80. The van der Waals surface area contributed by atoms with Gasteiger partial charge in [0.2, 0.25) is 0 Å². The maximum Gasteiger partial charge on any atom is 0.191 e. The Morgan fingerprint density at radius 1 is 1.38 bits per heavy atom. The normalized spacial score (nSPS) is 20.4. The summed E-state index contributed by atoms with van der Waals surface area (Å²) in [4.78, 5) is 12.2. The van der Waals surface area contributed by atoms with Crippen LogP contribution in [0.15, 0.2) is 35.9 Å². The van der Waals surface area contributed by atoms with Crippen LogP contribution in [0.5, 0.6) is 0 Å². The Bertz CT molecular complexity index is 432. The minimum absolute atomic E-state index is 0.0229. The topological polar surface area (TPSA) is 37.3 Å². The van der Waals surface area contributed by atoms with Crippen LogP contribution >= 0.6 is 0 Å². The summed E-state index contributed by atoms with van der Waals surface area (Å²) in [7, 11) is 0. The second-order valence-electron chi connectivity index (χ2n) is 4.25. The molecule has 0 aromatic heterocycles. The molecule has 0 heterocycles. The molecule has 1 aromatic carbocycles. The van der Waals surface area contributed by atoms with E-state index in [-0.39, 0.29) is 5.78 Å². The average Bonchev–Trinajstić information content (AvgIpc) is 2.29. The summed E-state index contributed by atoms with van der Waals surface area (Å²) >= 11 is 0. The van der Waals surface area contributed by atoms with E-state index in [4.69, 9.17) is 0 Å². The molecule has 0 aliphatic heterocycles. The van der Waals surface area contributed by atoms with Gasteiger partial charge in [-0.2, -0.15) is 0 Å². The van der Waals surface area contributed by atoms with E-state index in [1.165, 1.54) is 0 Å². The lowest BCUT2D eigenvalue weighted by Crippen LogP contribution is -2.21. The number of rotatable bonds is 2. The number of benzene rings is 1. The predicted octanol–water partition coefficient (Wildman–Crippen LogP) is 2.65. The van der Waals surface area contributed by atoms with Crippen molar-refractivity contribution in [3.05, 3.63) is 47.0 Å². The molecule has 1 aliphatic rings. The van der Waals surface area contributed by atoms with Gasteiger partial charge in [-0.3, -0.25) is 4.79 Å². The van der Waals surface area contributed by atoms with Gasteiger partial charge < -0.3 is 5.11 Å². The zero-order valence-electron chi connectivity index (χ0n) is 9.44. The number of hydrogen-bond acceptors (Lipinski definition) is 2. The first-order chi connectivity index (χ1) is 7.70. The van der Waals surface area contributed by atoms with E-state index < -0.39 is 6.10 Å². The molecule has 1 atom stereocenters. The molecule has 2 rings (SSSR count). The minimum atomic E-state index is -0.583. The number of hydrogen-bond donors (Lipinski definition) is 1. The lowest BCUT2D eigenvalue weighted by atomic mass is 9.89. The third-order valence-electron chi connectivity index (χ3n) is 3.06. The van der Waals surface area contributed by atoms with E-state index in [2.05, 4.69) is 0 Å². The highest BCUT2D eigenvalue weighted by Crippen LogP contribution is 2.23. The van der Waals surface area contributed by atoms with E-state index in [0.29, 0.717) is 17.6 Å². The molecule has 1 aromatic rings. The Morgan fingerprint density at radius 2 is 2.12 bits per heavy atom. The second kappa shape index (κ2) is 4.62. The largest absolute Gasteiger partial charge is 0.388 e. The van der Waals surface area contributed by atoms with Crippen LogP contribution in [-0.2, 0) is 0 Å². The molecular weight excluding hydrogens is 200 g/mol. The first kappa shape index (κ1) is 11.1. The highest BCUT2D eigenvalue weighted by atomic mass is 16.3. The molecule has 0 fully saturated rings. The van der Waals surface area contributed by atoms with Gasteiger partial charge in [-0.05, 0) is 31.7 Å². The van der Waals surface area contributed by atoms with Crippen LogP contribution < -0.4 is 0 Å². The molecule has 2 heteroatoms. The van der Waals surface area contributed by atoms with Crippen molar-refractivity contribution in [3.8, 4) is 0 Å². The van der Waals surface area contributed by atoms with Crippen LogP contribution in [0.1, 0.15) is 35.2 Å². The summed E-state index contributed by atoms with van der Waals surface area (Å²) in [5.41, 5.74) is 2.24. The third kappa shape index (κ3) is 2.07. The lowest BCUT2D eigenvalue weighted by Gasteiger charge is -2.18. The van der Waals surface area contributed by atoms with Crippen LogP contribution in [-0.4, -0.2) is 17.0 Å². The number of Topliss-reactive ketones (excluding diaryl/α,β-unsaturated/α-hetero) is 1. The van der Waals surface area contributed by atoms with Crippen molar-refractivity contribution in [2.45, 2.75) is 32.3 Å². The van der Waals surface area contributed by atoms with E-state index in [0.717, 1.165) is 18.4 Å². The van der Waals surface area contributed by atoms with Crippen LogP contribution in [0.4, 0.5) is 0 Å². The predicted molar refractivity (Wildman–Crippen MR) is 63.5 cm³/mol. The van der Waals surface area contributed by atoms with Gasteiger partial charge in [-0.25, -0.2) is 0 Å². The summed E-state index contributed by atoms with van der Waals surface area (Å²) in [5.74, 6) is -0.0229. The first-order valence-corrected chi connectivity index (χ1v) is 5.68. The highest BCUT2D eigenvalue weighted by molar-refractivity contribution is 6.10. The molecule has 0 saturated heterocycles. The van der Waals surface area contributed by atoms with Gasteiger partial charge in [0.25, 0.3) is 0 Å². The number of allylic oxidation sites excluding steroid dienone is 1. The summed E-state index contributed by atoms with van der Waals surface area (Å²) < 4.78 is 0. The zero-order valence-corrected chi connectivity index (χ0v) is 9.44. The van der Waals surface area contributed by atoms with Crippen LogP contribution in [0.2, 0.25) is 0 Å². The Kier molecular flexibility index (Phi) is 3.20. The van der Waals surface area contributed by atoms with Crippen molar-refractivity contribution in [2.75, 3.05) is 0 Å². The lowest BCUT2D eigenvalue weighted by molar-refractivity contribution is 0.0974. The molecule has 2 nitrogen and oxygen atoms in total. The minimum Gasteiger partial charge on any atom is -0.388 e. The number of carbonyl (C=O) groups excluding carboxylic acids is 1. The Morgan fingerprint density at radius 3 is 2.81 bits per heavy atom. The fourth-order valence-electron chi connectivity index (χ4n) is 2.09. The number of ketones is 1. The van der Waals surface area contributed by atoms with Crippen molar-refractivity contribution in [1.82, 2.24) is 0 Å². The number of aliphatic hydroxyl groups is 1. The molecule has 0 radical (unpaired) electrons. The summed E-state index contributed by atoms with van der Waals surface area (Å²) in [6.07, 6.45) is 3.85. The van der Waals surface area contributed by atoms with Gasteiger partial charge in [0.05, 0.1) is 6.10 Å². The second-order valence-corrected chi connectivity index (χ2v) is 4.25. The molecule has 0 spiro atoms. The fraction of sp³-hybridized carbons (Fsp3) is 0.357. The van der Waals surface area contributed by atoms with E-state index >= 15 is 0 Å². The molecule has 1 aliphatic carbocycles. The number of aliphatic hydroxyl groups excluding tert-OH is 1. The van der Waals surface area contributed by atoms with E-state index in [9.17, 15) is 9.90 Å². The van der Waals surface area contributed by atoms with Crippen molar-refractivity contribution in [3.63, 3.8) is 0 Å². The van der Waals surface area contributed by atoms with Crippen molar-refractivity contribution >= 4 is 5.78 Å². The highest BCUT2D eigenvalue weighted by Gasteiger charge is 2.22. The number of carbonyl (C=O) groups is 1. The van der Waals surface area contributed by atoms with Gasteiger partial charge in [0.1, 0.15) is 0 Å². The Hall–Kier alpha value is -1.41. The Labute approximate surface area is 95.6 Å². The van der Waals surface area contributed by atoms with Crippen LogP contribution in [0.3, 0.4) is 0 Å². The van der Waals surface area contributed by atoms with E-state index in [1.54, 1.807) is 0 Å². The third-order valence-corrected chi connectivity index (χ3v) is 3.06. The number of aryl methyl sites for hydroxylation is 1.